The molecule has 2 aromatic rings. The summed E-state index contributed by atoms with van der Waals surface area (Å²) in [5.74, 6) is -0.0192. The van der Waals surface area contributed by atoms with E-state index in [1.807, 2.05) is 6.92 Å². The minimum Gasteiger partial charge on any atom is -0.332 e. The van der Waals surface area contributed by atoms with E-state index in [0.29, 0.717) is 12.2 Å². The first-order valence-electron chi connectivity index (χ1n) is 5.54. The van der Waals surface area contributed by atoms with Crippen LogP contribution in [0.3, 0.4) is 0 Å². The smallest absolute Gasteiger partial charge is 0.279 e. The van der Waals surface area contributed by atoms with Crippen LogP contribution in [0.15, 0.2) is 27.8 Å². The van der Waals surface area contributed by atoms with Crippen molar-refractivity contribution in [3.05, 3.63) is 39.5 Å². The van der Waals surface area contributed by atoms with Crippen LogP contribution in [-0.2, 0) is 16.4 Å². The van der Waals surface area contributed by atoms with Crippen LogP contribution in [0.25, 0.3) is 0 Å². The van der Waals surface area contributed by atoms with Crippen LogP contribution in [0, 0.1) is 5.82 Å². The van der Waals surface area contributed by atoms with Gasteiger partial charge in [-0.25, -0.2) is 9.37 Å². The zero-order valence-electron chi connectivity index (χ0n) is 10.2. The largest absolute Gasteiger partial charge is 0.332 e. The highest BCUT2D eigenvalue weighted by Crippen LogP contribution is 2.33. The second kappa shape index (κ2) is 5.71. The summed E-state index contributed by atoms with van der Waals surface area (Å²) in [6.07, 6.45) is 1.79. The predicted octanol–water partition coefficient (Wildman–Crippen LogP) is 3.33. The van der Waals surface area contributed by atoms with E-state index >= 15 is 0 Å². The zero-order chi connectivity index (χ0) is 14.9. The molecule has 2 N–H and O–H groups in total. The molecule has 0 fully saturated rings. The van der Waals surface area contributed by atoms with Gasteiger partial charge in [-0.15, -0.1) is 0 Å². The summed E-state index contributed by atoms with van der Waals surface area (Å²) in [6, 6.07) is 2.14. The third kappa shape index (κ3) is 3.13. The number of nitrogens with one attached hydrogen (secondary N) is 2. The molecule has 0 spiro atoms. The van der Waals surface area contributed by atoms with Crippen molar-refractivity contribution >= 4 is 43.2 Å². The molecule has 0 atom stereocenters. The van der Waals surface area contributed by atoms with Crippen molar-refractivity contribution in [1.29, 1.82) is 0 Å². The molecule has 0 aliphatic rings. The van der Waals surface area contributed by atoms with E-state index in [0.717, 1.165) is 12.1 Å². The van der Waals surface area contributed by atoms with Crippen LogP contribution in [0.4, 0.5) is 10.1 Å². The Balaban J connectivity index is 2.38. The molecule has 1 aromatic heterocycles. The third-order valence-corrected chi connectivity index (χ3v) is 4.66. The summed E-state index contributed by atoms with van der Waals surface area (Å²) >= 11 is 8.90. The van der Waals surface area contributed by atoms with Crippen molar-refractivity contribution in [2.75, 3.05) is 4.72 Å². The molecule has 108 valence electrons. The molecular formula is C11H10BrClFN3O2S. The molecule has 0 bridgehead atoms. The monoisotopic (exact) mass is 381 g/mol. The van der Waals surface area contributed by atoms with E-state index in [1.54, 1.807) is 0 Å². The minimum atomic E-state index is -3.87. The van der Waals surface area contributed by atoms with E-state index in [4.69, 9.17) is 11.6 Å². The number of imidazole rings is 1. The fourth-order valence-electron chi connectivity index (χ4n) is 1.49. The van der Waals surface area contributed by atoms with E-state index in [9.17, 15) is 12.8 Å². The van der Waals surface area contributed by atoms with Crippen molar-refractivity contribution in [2.45, 2.75) is 18.4 Å². The van der Waals surface area contributed by atoms with Gasteiger partial charge >= 0.3 is 0 Å². The summed E-state index contributed by atoms with van der Waals surface area (Å²) in [4.78, 5) is 6.60. The van der Waals surface area contributed by atoms with Gasteiger partial charge in [0, 0.05) is 10.9 Å². The molecule has 0 saturated carbocycles. The highest BCUT2D eigenvalue weighted by Gasteiger charge is 2.20. The minimum absolute atomic E-state index is 0.0457. The second-order valence-electron chi connectivity index (χ2n) is 3.90. The maximum atomic E-state index is 13.1. The van der Waals surface area contributed by atoms with Crippen molar-refractivity contribution in [2.24, 2.45) is 0 Å². The average Bonchev–Trinajstić information content (AvgIpc) is 2.83. The summed E-state index contributed by atoms with van der Waals surface area (Å²) in [7, 11) is -3.87. The SMILES string of the molecule is CCc1ncc(S(=O)(=O)Nc2c(Cl)cc(F)cc2Br)[nH]1. The first-order chi connectivity index (χ1) is 9.33. The van der Waals surface area contributed by atoms with Gasteiger partial charge in [0.05, 0.1) is 16.9 Å². The number of hydrogen-bond donors (Lipinski definition) is 2. The number of halogens is 3. The van der Waals surface area contributed by atoms with Gasteiger partial charge in [-0.3, -0.25) is 4.72 Å². The van der Waals surface area contributed by atoms with Crippen LogP contribution in [0.1, 0.15) is 12.7 Å². The molecule has 0 aliphatic heterocycles. The van der Waals surface area contributed by atoms with Crippen LogP contribution in [0.2, 0.25) is 5.02 Å². The standard InChI is InChI=1S/C11H10BrClFN3O2S/c1-2-9-15-5-10(16-9)20(18,19)17-11-7(12)3-6(14)4-8(11)13/h3-5,17H,2H2,1H3,(H,15,16). The molecule has 9 heteroatoms. The molecule has 0 amide bonds. The second-order valence-corrected chi connectivity index (χ2v) is 6.81. The summed E-state index contributed by atoms with van der Waals surface area (Å²) in [5.41, 5.74) is 0.0701. The topological polar surface area (TPSA) is 74.8 Å². The molecule has 0 unspecified atom stereocenters. The van der Waals surface area contributed by atoms with E-state index < -0.39 is 15.8 Å². The first kappa shape index (κ1) is 15.3. The zero-order valence-corrected chi connectivity index (χ0v) is 13.4. The Morgan fingerprint density at radius 2 is 2.20 bits per heavy atom. The number of rotatable bonds is 4. The maximum absolute atomic E-state index is 13.1. The van der Waals surface area contributed by atoms with Crippen LogP contribution in [0.5, 0.6) is 0 Å². The first-order valence-corrected chi connectivity index (χ1v) is 8.20. The number of H-pyrrole nitrogens is 1. The predicted molar refractivity (Wildman–Crippen MR) is 77.9 cm³/mol. The van der Waals surface area contributed by atoms with Gasteiger partial charge in [0.25, 0.3) is 10.0 Å². The van der Waals surface area contributed by atoms with Crippen molar-refractivity contribution in [1.82, 2.24) is 9.97 Å². The number of sulfonamides is 1. The van der Waals surface area contributed by atoms with Gasteiger partial charge in [0.15, 0.2) is 5.03 Å². The Hall–Kier alpha value is -1.12. The lowest BCUT2D eigenvalue weighted by atomic mass is 10.3. The number of anilines is 1. The quantitative estimate of drug-likeness (QED) is 0.852. The molecule has 0 saturated heterocycles. The summed E-state index contributed by atoms with van der Waals surface area (Å²) < 4.78 is 39.9. The molecule has 0 aliphatic carbocycles. The van der Waals surface area contributed by atoms with Crippen LogP contribution < -0.4 is 4.72 Å². The lowest BCUT2D eigenvalue weighted by molar-refractivity contribution is 0.597. The van der Waals surface area contributed by atoms with Gasteiger partial charge in [-0.2, -0.15) is 8.42 Å². The van der Waals surface area contributed by atoms with E-state index in [1.165, 1.54) is 6.20 Å². The van der Waals surface area contributed by atoms with Gasteiger partial charge in [0.1, 0.15) is 11.6 Å². The number of benzene rings is 1. The molecule has 5 nitrogen and oxygen atoms in total. The lowest BCUT2D eigenvalue weighted by Crippen LogP contribution is -2.14. The Morgan fingerprint density at radius 3 is 2.75 bits per heavy atom. The number of aromatic nitrogens is 2. The number of hydrogen-bond acceptors (Lipinski definition) is 3. The Labute approximate surface area is 128 Å². The normalized spacial score (nSPS) is 11.6. The van der Waals surface area contributed by atoms with Crippen LogP contribution in [-0.4, -0.2) is 18.4 Å². The van der Waals surface area contributed by atoms with Gasteiger partial charge in [-0.1, -0.05) is 18.5 Å². The number of aromatic amines is 1. The van der Waals surface area contributed by atoms with Gasteiger partial charge in [-0.05, 0) is 28.1 Å². The fourth-order valence-corrected chi connectivity index (χ4v) is 3.62. The van der Waals surface area contributed by atoms with Crippen LogP contribution >= 0.6 is 27.5 Å². The summed E-state index contributed by atoms with van der Waals surface area (Å²) in [6.45, 7) is 1.84. The van der Waals surface area contributed by atoms with Gasteiger partial charge in [0.2, 0.25) is 0 Å². The number of aryl methyl sites for hydroxylation is 1. The number of nitrogens with zero attached hydrogens (tertiary/aromatic N) is 1. The van der Waals surface area contributed by atoms with Crippen molar-refractivity contribution < 1.29 is 12.8 Å². The Morgan fingerprint density at radius 1 is 1.50 bits per heavy atom. The molecular weight excluding hydrogens is 373 g/mol. The van der Waals surface area contributed by atoms with Gasteiger partial charge < -0.3 is 4.98 Å². The highest BCUT2D eigenvalue weighted by molar-refractivity contribution is 9.10. The molecule has 20 heavy (non-hydrogen) atoms. The molecule has 1 aromatic carbocycles. The molecule has 2 rings (SSSR count). The molecule has 1 heterocycles. The Kier molecular flexibility index (Phi) is 4.36. The van der Waals surface area contributed by atoms with E-state index in [-0.39, 0.29) is 20.2 Å². The fraction of sp³-hybridized carbons (Fsp3) is 0.182. The van der Waals surface area contributed by atoms with Crippen molar-refractivity contribution in [3.8, 4) is 0 Å². The third-order valence-electron chi connectivity index (χ3n) is 2.47. The lowest BCUT2D eigenvalue weighted by Gasteiger charge is -2.10. The molecule has 0 radical (unpaired) electrons. The highest BCUT2D eigenvalue weighted by atomic mass is 79.9. The van der Waals surface area contributed by atoms with Crippen molar-refractivity contribution in [3.63, 3.8) is 0 Å². The maximum Gasteiger partial charge on any atom is 0.279 e. The average molecular weight is 383 g/mol. The summed E-state index contributed by atoms with van der Waals surface area (Å²) in [5, 5.41) is -0.127. The van der Waals surface area contributed by atoms with E-state index in [2.05, 4.69) is 30.6 Å². The Bertz CT molecular complexity index is 725.